The summed E-state index contributed by atoms with van der Waals surface area (Å²) in [6.07, 6.45) is 1.05. The lowest BCUT2D eigenvalue weighted by molar-refractivity contribution is 0.461. The molecule has 8 heteroatoms. The van der Waals surface area contributed by atoms with Crippen LogP contribution in [0.4, 0.5) is 6.01 Å². The van der Waals surface area contributed by atoms with Gasteiger partial charge in [-0.25, -0.2) is 8.42 Å². The highest BCUT2D eigenvalue weighted by atomic mass is 32.2. The summed E-state index contributed by atoms with van der Waals surface area (Å²) in [5.74, 6) is 0.837. The van der Waals surface area contributed by atoms with Crippen LogP contribution in [0.1, 0.15) is 19.2 Å². The van der Waals surface area contributed by atoms with Crippen LogP contribution in [-0.2, 0) is 16.4 Å². The molecule has 2 rings (SSSR count). The minimum Gasteiger partial charge on any atom is -0.407 e. The van der Waals surface area contributed by atoms with E-state index < -0.39 is 9.84 Å². The number of rotatable bonds is 5. The Balaban J connectivity index is 1.90. The van der Waals surface area contributed by atoms with E-state index >= 15 is 0 Å². The standard InChI is InChI=1S/C10H18N4O3S/c1-2-3-11-8-9-12-13-10(17-9)14-4-6-18(15,16)7-5-14/h11H,2-8H2,1H3. The van der Waals surface area contributed by atoms with Crippen molar-refractivity contribution >= 4 is 15.9 Å². The van der Waals surface area contributed by atoms with Gasteiger partial charge in [0.15, 0.2) is 9.84 Å². The fourth-order valence-corrected chi connectivity index (χ4v) is 2.92. The molecule has 0 atom stereocenters. The Morgan fingerprint density at radius 2 is 2.06 bits per heavy atom. The Morgan fingerprint density at radius 1 is 1.33 bits per heavy atom. The van der Waals surface area contributed by atoms with E-state index in [4.69, 9.17) is 4.42 Å². The summed E-state index contributed by atoms with van der Waals surface area (Å²) in [6, 6.07) is 0.415. The number of hydrogen-bond acceptors (Lipinski definition) is 7. The molecule has 0 spiro atoms. The van der Waals surface area contributed by atoms with E-state index in [0.29, 0.717) is 31.5 Å². The SMILES string of the molecule is CCCNCc1nnc(N2CCS(=O)(=O)CC2)o1. The molecule has 18 heavy (non-hydrogen) atoms. The van der Waals surface area contributed by atoms with Crippen LogP contribution in [0.2, 0.25) is 0 Å². The number of sulfone groups is 1. The lowest BCUT2D eigenvalue weighted by Crippen LogP contribution is -2.40. The molecule has 0 amide bonds. The molecule has 1 saturated heterocycles. The highest BCUT2D eigenvalue weighted by molar-refractivity contribution is 7.91. The summed E-state index contributed by atoms with van der Waals surface area (Å²) >= 11 is 0. The van der Waals surface area contributed by atoms with Crippen molar-refractivity contribution in [3.05, 3.63) is 5.89 Å². The maximum Gasteiger partial charge on any atom is 0.318 e. The molecule has 0 radical (unpaired) electrons. The van der Waals surface area contributed by atoms with E-state index in [0.717, 1.165) is 13.0 Å². The minimum absolute atomic E-state index is 0.152. The average Bonchev–Trinajstić information content (AvgIpc) is 2.78. The first-order chi connectivity index (χ1) is 8.61. The zero-order valence-corrected chi connectivity index (χ0v) is 11.2. The molecule has 0 bridgehead atoms. The van der Waals surface area contributed by atoms with E-state index in [2.05, 4.69) is 22.4 Å². The normalized spacial score (nSPS) is 19.1. The summed E-state index contributed by atoms with van der Waals surface area (Å²) in [5.41, 5.74) is 0. The predicted molar refractivity (Wildman–Crippen MR) is 67.2 cm³/mol. The van der Waals surface area contributed by atoms with Crippen molar-refractivity contribution in [2.75, 3.05) is 36.0 Å². The summed E-state index contributed by atoms with van der Waals surface area (Å²) in [4.78, 5) is 1.82. The third kappa shape index (κ3) is 3.42. The van der Waals surface area contributed by atoms with Gasteiger partial charge in [-0.15, -0.1) is 5.10 Å². The van der Waals surface area contributed by atoms with Gasteiger partial charge in [0.2, 0.25) is 5.89 Å². The van der Waals surface area contributed by atoms with Crippen LogP contribution in [0.5, 0.6) is 0 Å². The quantitative estimate of drug-likeness (QED) is 0.744. The van der Waals surface area contributed by atoms with Gasteiger partial charge in [-0.3, -0.25) is 0 Å². The second-order valence-electron chi connectivity index (χ2n) is 4.29. The van der Waals surface area contributed by atoms with Crippen molar-refractivity contribution in [2.24, 2.45) is 0 Å². The Hall–Kier alpha value is -1.15. The molecule has 0 aromatic carbocycles. The van der Waals surface area contributed by atoms with Crippen LogP contribution >= 0.6 is 0 Å². The van der Waals surface area contributed by atoms with Crippen molar-refractivity contribution in [1.29, 1.82) is 0 Å². The molecule has 1 N–H and O–H groups in total. The molecule has 7 nitrogen and oxygen atoms in total. The third-order valence-electron chi connectivity index (χ3n) is 2.77. The number of nitrogens with zero attached hydrogens (tertiary/aromatic N) is 3. The number of anilines is 1. The summed E-state index contributed by atoms with van der Waals surface area (Å²) in [6.45, 7) is 4.38. The molecule has 1 aromatic rings. The Bertz CT molecular complexity index is 471. The Kier molecular flexibility index (Phi) is 4.18. The van der Waals surface area contributed by atoms with Gasteiger partial charge in [0.1, 0.15) is 0 Å². The average molecular weight is 274 g/mol. The largest absolute Gasteiger partial charge is 0.407 e. The first kappa shape index (κ1) is 13.3. The molecule has 1 aliphatic rings. The number of nitrogens with one attached hydrogen (secondary N) is 1. The van der Waals surface area contributed by atoms with Gasteiger partial charge < -0.3 is 14.6 Å². The van der Waals surface area contributed by atoms with Crippen LogP contribution in [0, 0.1) is 0 Å². The Morgan fingerprint density at radius 3 is 2.72 bits per heavy atom. The van der Waals surface area contributed by atoms with Crippen molar-refractivity contribution in [3.8, 4) is 0 Å². The van der Waals surface area contributed by atoms with Crippen molar-refractivity contribution in [2.45, 2.75) is 19.9 Å². The molecule has 102 valence electrons. The van der Waals surface area contributed by atoms with Gasteiger partial charge in [0.05, 0.1) is 18.1 Å². The lowest BCUT2D eigenvalue weighted by atomic mass is 10.5. The molecule has 1 fully saturated rings. The van der Waals surface area contributed by atoms with E-state index in [-0.39, 0.29) is 11.5 Å². The van der Waals surface area contributed by atoms with Crippen LogP contribution in [0.15, 0.2) is 4.42 Å². The third-order valence-corrected chi connectivity index (χ3v) is 4.38. The van der Waals surface area contributed by atoms with Crippen LogP contribution in [-0.4, -0.2) is 49.8 Å². The lowest BCUT2D eigenvalue weighted by Gasteiger charge is -2.24. The molecule has 1 aliphatic heterocycles. The fourth-order valence-electron chi connectivity index (χ4n) is 1.72. The predicted octanol–water partition coefficient (Wildman–Crippen LogP) is -0.196. The summed E-state index contributed by atoms with van der Waals surface area (Å²) in [7, 11) is -2.88. The van der Waals surface area contributed by atoms with Crippen molar-refractivity contribution < 1.29 is 12.8 Å². The first-order valence-corrected chi connectivity index (χ1v) is 7.91. The fraction of sp³-hybridized carbons (Fsp3) is 0.800. The molecule has 0 unspecified atom stereocenters. The highest BCUT2D eigenvalue weighted by Crippen LogP contribution is 2.15. The maximum atomic E-state index is 11.3. The zero-order valence-electron chi connectivity index (χ0n) is 10.4. The summed E-state index contributed by atoms with van der Waals surface area (Å²) in [5, 5.41) is 11.0. The van der Waals surface area contributed by atoms with E-state index in [1.807, 2.05) is 4.90 Å². The molecule has 0 saturated carbocycles. The first-order valence-electron chi connectivity index (χ1n) is 6.09. The second kappa shape index (κ2) is 5.66. The molecule has 1 aromatic heterocycles. The van der Waals surface area contributed by atoms with Crippen LogP contribution < -0.4 is 10.2 Å². The van der Waals surface area contributed by atoms with Gasteiger partial charge in [-0.1, -0.05) is 12.0 Å². The second-order valence-corrected chi connectivity index (χ2v) is 6.60. The van der Waals surface area contributed by atoms with Crippen molar-refractivity contribution in [3.63, 3.8) is 0 Å². The molecular weight excluding hydrogens is 256 g/mol. The van der Waals surface area contributed by atoms with E-state index in [1.54, 1.807) is 0 Å². The Labute approximate surface area is 106 Å². The monoisotopic (exact) mass is 274 g/mol. The molecular formula is C10H18N4O3S. The molecule has 0 aliphatic carbocycles. The minimum atomic E-state index is -2.88. The van der Waals surface area contributed by atoms with Crippen molar-refractivity contribution in [1.82, 2.24) is 15.5 Å². The van der Waals surface area contributed by atoms with Crippen LogP contribution in [0.25, 0.3) is 0 Å². The van der Waals surface area contributed by atoms with E-state index in [1.165, 1.54) is 0 Å². The van der Waals surface area contributed by atoms with E-state index in [9.17, 15) is 8.42 Å². The van der Waals surface area contributed by atoms with Gasteiger partial charge in [-0.2, -0.15) is 0 Å². The highest BCUT2D eigenvalue weighted by Gasteiger charge is 2.24. The van der Waals surface area contributed by atoms with Gasteiger partial charge >= 0.3 is 6.01 Å². The number of hydrogen-bond donors (Lipinski definition) is 1. The maximum absolute atomic E-state index is 11.3. The van der Waals surface area contributed by atoms with Crippen LogP contribution in [0.3, 0.4) is 0 Å². The van der Waals surface area contributed by atoms with Gasteiger partial charge in [-0.05, 0) is 13.0 Å². The topological polar surface area (TPSA) is 88.3 Å². The van der Waals surface area contributed by atoms with Gasteiger partial charge in [0, 0.05) is 13.1 Å². The number of aromatic nitrogens is 2. The summed E-state index contributed by atoms with van der Waals surface area (Å²) < 4.78 is 28.1. The van der Waals surface area contributed by atoms with Gasteiger partial charge in [0.25, 0.3) is 0 Å². The molecule has 2 heterocycles. The zero-order chi connectivity index (χ0) is 13.0. The smallest absolute Gasteiger partial charge is 0.318 e.